The molecule has 2 nitrogen and oxygen atoms in total. The Kier molecular flexibility index (Phi) is 8.07. The van der Waals surface area contributed by atoms with Gasteiger partial charge in [0.15, 0.2) is 0 Å². The van der Waals surface area contributed by atoms with E-state index in [1.165, 1.54) is 32.1 Å². The highest BCUT2D eigenvalue weighted by Gasteiger charge is 2.35. The Labute approximate surface area is 95.7 Å². The highest BCUT2D eigenvalue weighted by Crippen LogP contribution is 2.32. The molecule has 1 N–H and O–H groups in total. The smallest absolute Gasteiger partial charge is 0.0615 e. The number of hydrogen-bond acceptors (Lipinski definition) is 2. The Bertz CT molecular complexity index is 137. The minimum absolute atomic E-state index is 0.127. The number of rotatable bonds is 4. The van der Waals surface area contributed by atoms with Crippen LogP contribution in [0, 0.1) is 0 Å². The molecule has 1 aliphatic carbocycles. The summed E-state index contributed by atoms with van der Waals surface area (Å²) in [4.78, 5) is 2.44. The first-order chi connectivity index (χ1) is 7.29. The minimum atomic E-state index is 0.127. The zero-order valence-electron chi connectivity index (χ0n) is 11.1. The van der Waals surface area contributed by atoms with Crippen molar-refractivity contribution in [3.63, 3.8) is 0 Å². The van der Waals surface area contributed by atoms with Crippen molar-refractivity contribution >= 4 is 0 Å². The molecule has 1 rings (SSSR count). The van der Waals surface area contributed by atoms with E-state index in [1.807, 2.05) is 13.8 Å². The largest absolute Gasteiger partial charge is 0.394 e. The van der Waals surface area contributed by atoms with Gasteiger partial charge in [-0.05, 0) is 25.9 Å². The van der Waals surface area contributed by atoms with Gasteiger partial charge in [0, 0.05) is 5.54 Å². The molecule has 0 aromatic carbocycles. The molecule has 0 aromatic heterocycles. The van der Waals surface area contributed by atoms with Crippen LogP contribution in [-0.4, -0.2) is 35.2 Å². The summed E-state index contributed by atoms with van der Waals surface area (Å²) in [6, 6.07) is 0. The lowest BCUT2D eigenvalue weighted by molar-refractivity contribution is 0.00734. The van der Waals surface area contributed by atoms with Gasteiger partial charge < -0.3 is 5.11 Å². The third kappa shape index (κ3) is 3.76. The van der Waals surface area contributed by atoms with E-state index in [2.05, 4.69) is 18.7 Å². The van der Waals surface area contributed by atoms with Crippen molar-refractivity contribution in [2.75, 3.05) is 19.7 Å². The highest BCUT2D eigenvalue weighted by molar-refractivity contribution is 4.91. The number of aliphatic hydroxyl groups is 1. The lowest BCUT2D eigenvalue weighted by atomic mass is 9.81. The third-order valence-electron chi connectivity index (χ3n) is 3.51. The van der Waals surface area contributed by atoms with E-state index in [4.69, 9.17) is 0 Å². The van der Waals surface area contributed by atoms with Gasteiger partial charge in [-0.2, -0.15) is 0 Å². The quantitative estimate of drug-likeness (QED) is 0.779. The molecule has 0 amide bonds. The number of hydrogen-bond donors (Lipinski definition) is 1. The van der Waals surface area contributed by atoms with Gasteiger partial charge in [-0.15, -0.1) is 0 Å². The van der Waals surface area contributed by atoms with Crippen LogP contribution in [0.15, 0.2) is 0 Å². The molecular formula is C13H29NO. The van der Waals surface area contributed by atoms with Crippen LogP contribution in [-0.2, 0) is 0 Å². The van der Waals surface area contributed by atoms with Gasteiger partial charge in [0.1, 0.15) is 0 Å². The Balaban J connectivity index is 0.000000921. The Hall–Kier alpha value is -0.0800. The van der Waals surface area contributed by atoms with Gasteiger partial charge in [-0.1, -0.05) is 47.0 Å². The topological polar surface area (TPSA) is 23.5 Å². The molecule has 92 valence electrons. The maximum absolute atomic E-state index is 9.53. The van der Waals surface area contributed by atoms with Crippen molar-refractivity contribution < 1.29 is 5.11 Å². The number of nitrogens with zero attached hydrogens (tertiary/aromatic N) is 1. The average Bonchev–Trinajstić information content (AvgIpc) is 2.34. The zero-order chi connectivity index (χ0) is 11.7. The van der Waals surface area contributed by atoms with Crippen LogP contribution in [0.1, 0.15) is 59.8 Å². The van der Waals surface area contributed by atoms with E-state index in [0.717, 1.165) is 13.1 Å². The van der Waals surface area contributed by atoms with Crippen LogP contribution in [0.25, 0.3) is 0 Å². The van der Waals surface area contributed by atoms with Crippen molar-refractivity contribution in [3.8, 4) is 0 Å². The van der Waals surface area contributed by atoms with E-state index < -0.39 is 0 Å². The van der Waals surface area contributed by atoms with Crippen molar-refractivity contribution in [1.82, 2.24) is 4.90 Å². The Morgan fingerprint density at radius 3 is 1.80 bits per heavy atom. The predicted molar refractivity (Wildman–Crippen MR) is 67.2 cm³/mol. The third-order valence-corrected chi connectivity index (χ3v) is 3.51. The SMILES string of the molecule is CC.CCN(CC)C1(CO)CCCCC1. The molecule has 1 aliphatic rings. The predicted octanol–water partition coefficient (Wildman–Crippen LogP) is 3.05. The molecule has 0 radical (unpaired) electrons. The number of aliphatic hydroxyl groups excluding tert-OH is 1. The first-order valence-corrected chi connectivity index (χ1v) is 6.65. The van der Waals surface area contributed by atoms with Crippen molar-refractivity contribution in [2.24, 2.45) is 0 Å². The second-order valence-electron chi connectivity index (χ2n) is 4.12. The zero-order valence-corrected chi connectivity index (χ0v) is 11.1. The van der Waals surface area contributed by atoms with Gasteiger partial charge >= 0.3 is 0 Å². The fourth-order valence-corrected chi connectivity index (χ4v) is 2.68. The standard InChI is InChI=1S/C11H23NO.C2H6/c1-3-12(4-2)11(10-13)8-6-5-7-9-11;1-2/h13H,3-10H2,1-2H3;1-2H3. The van der Waals surface area contributed by atoms with Gasteiger partial charge in [0.25, 0.3) is 0 Å². The van der Waals surface area contributed by atoms with Crippen molar-refractivity contribution in [2.45, 2.75) is 65.3 Å². The molecule has 0 spiro atoms. The molecular weight excluding hydrogens is 186 g/mol. The summed E-state index contributed by atoms with van der Waals surface area (Å²) in [7, 11) is 0. The van der Waals surface area contributed by atoms with Crippen molar-refractivity contribution in [1.29, 1.82) is 0 Å². The Morgan fingerprint density at radius 2 is 1.47 bits per heavy atom. The maximum Gasteiger partial charge on any atom is 0.0615 e. The summed E-state index contributed by atoms with van der Waals surface area (Å²) >= 11 is 0. The second kappa shape index (κ2) is 8.12. The van der Waals surface area contributed by atoms with Crippen LogP contribution >= 0.6 is 0 Å². The molecule has 0 heterocycles. The van der Waals surface area contributed by atoms with Crippen LogP contribution in [0.3, 0.4) is 0 Å². The maximum atomic E-state index is 9.53. The fraction of sp³-hybridized carbons (Fsp3) is 1.00. The summed E-state index contributed by atoms with van der Waals surface area (Å²) in [5, 5.41) is 9.53. The van der Waals surface area contributed by atoms with Crippen LogP contribution in [0.2, 0.25) is 0 Å². The van der Waals surface area contributed by atoms with E-state index in [0.29, 0.717) is 6.61 Å². The molecule has 0 unspecified atom stereocenters. The minimum Gasteiger partial charge on any atom is -0.394 e. The molecule has 0 bridgehead atoms. The van der Waals surface area contributed by atoms with Crippen LogP contribution in [0.4, 0.5) is 0 Å². The van der Waals surface area contributed by atoms with Gasteiger partial charge in [-0.25, -0.2) is 0 Å². The monoisotopic (exact) mass is 215 g/mol. The van der Waals surface area contributed by atoms with Crippen LogP contribution in [0.5, 0.6) is 0 Å². The molecule has 1 fully saturated rings. The first-order valence-electron chi connectivity index (χ1n) is 6.65. The summed E-state index contributed by atoms with van der Waals surface area (Å²) in [5.74, 6) is 0. The van der Waals surface area contributed by atoms with E-state index in [1.54, 1.807) is 0 Å². The van der Waals surface area contributed by atoms with Crippen LogP contribution < -0.4 is 0 Å². The molecule has 0 aliphatic heterocycles. The summed E-state index contributed by atoms with van der Waals surface area (Å²) in [6.07, 6.45) is 6.30. The normalized spacial score (nSPS) is 19.6. The highest BCUT2D eigenvalue weighted by atomic mass is 16.3. The number of likely N-dealkylation sites (N-methyl/N-ethyl adjacent to an activating group) is 1. The van der Waals surface area contributed by atoms with E-state index in [-0.39, 0.29) is 5.54 Å². The molecule has 2 heteroatoms. The Morgan fingerprint density at radius 1 is 1.00 bits per heavy atom. The average molecular weight is 215 g/mol. The van der Waals surface area contributed by atoms with Gasteiger partial charge in [0.05, 0.1) is 6.61 Å². The second-order valence-corrected chi connectivity index (χ2v) is 4.12. The van der Waals surface area contributed by atoms with Crippen molar-refractivity contribution in [3.05, 3.63) is 0 Å². The van der Waals surface area contributed by atoms with Gasteiger partial charge in [-0.3, -0.25) is 4.90 Å². The summed E-state index contributed by atoms with van der Waals surface area (Å²) in [6.45, 7) is 10.9. The summed E-state index contributed by atoms with van der Waals surface area (Å²) < 4.78 is 0. The van der Waals surface area contributed by atoms with E-state index >= 15 is 0 Å². The fourth-order valence-electron chi connectivity index (χ4n) is 2.68. The van der Waals surface area contributed by atoms with E-state index in [9.17, 15) is 5.11 Å². The summed E-state index contributed by atoms with van der Waals surface area (Å²) in [5.41, 5.74) is 0.127. The first kappa shape index (κ1) is 14.9. The lowest BCUT2D eigenvalue weighted by Crippen LogP contribution is -2.52. The molecule has 15 heavy (non-hydrogen) atoms. The molecule has 0 atom stereocenters. The lowest BCUT2D eigenvalue weighted by Gasteiger charge is -2.44. The van der Waals surface area contributed by atoms with Gasteiger partial charge in [0.2, 0.25) is 0 Å². The molecule has 1 saturated carbocycles. The molecule has 0 saturated heterocycles. The molecule has 0 aromatic rings.